The molecule has 17 heavy (non-hydrogen) atoms. The van der Waals surface area contributed by atoms with Gasteiger partial charge in [0.05, 0.1) is 12.6 Å². The Labute approximate surface area is 100 Å². The number of carboxylic acids is 1. The van der Waals surface area contributed by atoms with Crippen LogP contribution in [0.1, 0.15) is 12.8 Å². The Hall–Kier alpha value is -1.56. The Bertz CT molecular complexity index is 300. The van der Waals surface area contributed by atoms with Gasteiger partial charge in [0.15, 0.2) is 0 Å². The summed E-state index contributed by atoms with van der Waals surface area (Å²) in [4.78, 5) is 24.1. The van der Waals surface area contributed by atoms with Crippen LogP contribution in [-0.2, 0) is 9.53 Å². The average Bonchev–Trinajstić information content (AvgIpc) is 2.80. The molecule has 0 spiro atoms. The van der Waals surface area contributed by atoms with Gasteiger partial charge in [-0.05, 0) is 12.8 Å². The van der Waals surface area contributed by atoms with E-state index in [1.165, 1.54) is 11.0 Å². The highest BCUT2D eigenvalue weighted by molar-refractivity contribution is 5.82. The van der Waals surface area contributed by atoms with E-state index in [2.05, 4.69) is 11.9 Å². The van der Waals surface area contributed by atoms with E-state index >= 15 is 0 Å². The Morgan fingerprint density at radius 3 is 2.88 bits per heavy atom. The standard InChI is InChI=1S/C11H18N2O4/c1-3-4-9(10(14)15)12-11(16)13(2)8-5-6-17-7-8/h3,8-9H,1,4-7H2,2H3,(H,12,16)(H,14,15). The van der Waals surface area contributed by atoms with Gasteiger partial charge in [0.2, 0.25) is 0 Å². The van der Waals surface area contributed by atoms with Crippen molar-refractivity contribution >= 4 is 12.0 Å². The van der Waals surface area contributed by atoms with Crippen LogP contribution in [0.3, 0.4) is 0 Å². The summed E-state index contributed by atoms with van der Waals surface area (Å²) in [7, 11) is 1.64. The second kappa shape index (κ2) is 6.24. The number of nitrogens with one attached hydrogen (secondary N) is 1. The molecule has 6 heteroatoms. The molecule has 1 aliphatic rings. The number of carbonyl (C=O) groups is 2. The summed E-state index contributed by atoms with van der Waals surface area (Å²) in [5.74, 6) is -1.06. The summed E-state index contributed by atoms with van der Waals surface area (Å²) in [5, 5.41) is 11.3. The number of urea groups is 1. The molecule has 2 unspecified atom stereocenters. The molecule has 0 aromatic heterocycles. The van der Waals surface area contributed by atoms with E-state index in [-0.39, 0.29) is 12.5 Å². The number of carbonyl (C=O) groups excluding carboxylic acids is 1. The summed E-state index contributed by atoms with van der Waals surface area (Å²) in [6.45, 7) is 4.60. The fourth-order valence-electron chi connectivity index (χ4n) is 1.63. The summed E-state index contributed by atoms with van der Waals surface area (Å²) in [6, 6.07) is -1.30. The van der Waals surface area contributed by atoms with Crippen LogP contribution in [0.2, 0.25) is 0 Å². The summed E-state index contributed by atoms with van der Waals surface area (Å²) in [6.07, 6.45) is 2.46. The molecule has 0 aliphatic carbocycles. The first kappa shape index (κ1) is 13.5. The molecule has 2 amide bonds. The predicted molar refractivity (Wildman–Crippen MR) is 61.8 cm³/mol. The van der Waals surface area contributed by atoms with E-state index in [1.54, 1.807) is 7.05 Å². The van der Waals surface area contributed by atoms with Gasteiger partial charge in [0.25, 0.3) is 0 Å². The molecule has 0 bridgehead atoms. The maximum atomic E-state index is 11.8. The lowest BCUT2D eigenvalue weighted by molar-refractivity contribution is -0.139. The molecule has 2 atom stereocenters. The zero-order chi connectivity index (χ0) is 12.8. The zero-order valence-corrected chi connectivity index (χ0v) is 9.89. The number of rotatable bonds is 5. The Morgan fingerprint density at radius 1 is 1.71 bits per heavy atom. The van der Waals surface area contributed by atoms with E-state index in [4.69, 9.17) is 9.84 Å². The third-order valence-electron chi connectivity index (χ3n) is 2.77. The molecule has 0 saturated carbocycles. The number of aliphatic carboxylic acids is 1. The number of hydrogen-bond acceptors (Lipinski definition) is 3. The van der Waals surface area contributed by atoms with Crippen molar-refractivity contribution in [2.75, 3.05) is 20.3 Å². The van der Waals surface area contributed by atoms with Gasteiger partial charge in [-0.2, -0.15) is 0 Å². The molecule has 6 nitrogen and oxygen atoms in total. The first-order valence-electron chi connectivity index (χ1n) is 5.51. The molecule has 96 valence electrons. The lowest BCUT2D eigenvalue weighted by Crippen LogP contribution is -2.49. The van der Waals surface area contributed by atoms with E-state index in [0.717, 1.165) is 6.42 Å². The van der Waals surface area contributed by atoms with Crippen molar-refractivity contribution in [2.45, 2.75) is 24.9 Å². The van der Waals surface area contributed by atoms with Crippen LogP contribution >= 0.6 is 0 Å². The quantitative estimate of drug-likeness (QED) is 0.686. The van der Waals surface area contributed by atoms with Gasteiger partial charge in [-0.1, -0.05) is 6.08 Å². The van der Waals surface area contributed by atoms with Crippen LogP contribution < -0.4 is 5.32 Å². The monoisotopic (exact) mass is 242 g/mol. The van der Waals surface area contributed by atoms with E-state index in [1.807, 2.05) is 0 Å². The van der Waals surface area contributed by atoms with Crippen molar-refractivity contribution in [3.8, 4) is 0 Å². The fraction of sp³-hybridized carbons (Fsp3) is 0.636. The van der Waals surface area contributed by atoms with E-state index in [9.17, 15) is 9.59 Å². The highest BCUT2D eigenvalue weighted by Crippen LogP contribution is 2.10. The Morgan fingerprint density at radius 2 is 2.41 bits per heavy atom. The minimum absolute atomic E-state index is 0.0215. The number of likely N-dealkylation sites (N-methyl/N-ethyl adjacent to an activating group) is 1. The largest absolute Gasteiger partial charge is 0.480 e. The first-order chi connectivity index (χ1) is 8.06. The Kier molecular flexibility index (Phi) is 4.96. The van der Waals surface area contributed by atoms with E-state index in [0.29, 0.717) is 13.2 Å². The molecular formula is C11H18N2O4. The van der Waals surface area contributed by atoms with Crippen molar-refractivity contribution in [1.82, 2.24) is 10.2 Å². The number of amides is 2. The van der Waals surface area contributed by atoms with Gasteiger partial charge in [-0.3, -0.25) is 0 Å². The van der Waals surface area contributed by atoms with Crippen LogP contribution in [0.4, 0.5) is 4.79 Å². The molecule has 1 saturated heterocycles. The van der Waals surface area contributed by atoms with Gasteiger partial charge in [0.1, 0.15) is 6.04 Å². The van der Waals surface area contributed by atoms with Crippen molar-refractivity contribution < 1.29 is 19.4 Å². The Balaban J connectivity index is 2.50. The molecule has 0 radical (unpaired) electrons. The van der Waals surface area contributed by atoms with Crippen molar-refractivity contribution in [1.29, 1.82) is 0 Å². The van der Waals surface area contributed by atoms with Crippen molar-refractivity contribution in [3.05, 3.63) is 12.7 Å². The third kappa shape index (κ3) is 3.74. The first-order valence-corrected chi connectivity index (χ1v) is 5.51. The SMILES string of the molecule is C=CCC(NC(=O)N(C)C1CCOC1)C(=O)O. The molecule has 2 N–H and O–H groups in total. The summed E-state index contributed by atoms with van der Waals surface area (Å²) >= 11 is 0. The molecule has 1 fully saturated rings. The van der Waals surface area contributed by atoms with Crippen molar-refractivity contribution in [3.63, 3.8) is 0 Å². The molecule has 1 rings (SSSR count). The average molecular weight is 242 g/mol. The molecule has 1 heterocycles. The molecular weight excluding hydrogens is 224 g/mol. The lowest BCUT2D eigenvalue weighted by atomic mass is 10.2. The second-order valence-corrected chi connectivity index (χ2v) is 3.99. The van der Waals surface area contributed by atoms with Crippen LogP contribution in [0, 0.1) is 0 Å². The maximum Gasteiger partial charge on any atom is 0.326 e. The normalized spacial score (nSPS) is 20.6. The predicted octanol–water partition coefficient (Wildman–Crippen LogP) is 0.446. The summed E-state index contributed by atoms with van der Waals surface area (Å²) in [5.41, 5.74) is 0. The minimum atomic E-state index is -1.06. The van der Waals surface area contributed by atoms with Gasteiger partial charge in [0, 0.05) is 13.7 Å². The second-order valence-electron chi connectivity index (χ2n) is 3.99. The van der Waals surface area contributed by atoms with Crippen LogP contribution in [0.25, 0.3) is 0 Å². The topological polar surface area (TPSA) is 78.9 Å². The van der Waals surface area contributed by atoms with Gasteiger partial charge in [-0.25, -0.2) is 9.59 Å². The van der Waals surface area contributed by atoms with E-state index < -0.39 is 18.0 Å². The molecule has 0 aromatic rings. The smallest absolute Gasteiger partial charge is 0.326 e. The highest BCUT2D eigenvalue weighted by Gasteiger charge is 2.26. The van der Waals surface area contributed by atoms with Gasteiger partial charge >= 0.3 is 12.0 Å². The fourth-order valence-corrected chi connectivity index (χ4v) is 1.63. The molecule has 0 aromatic carbocycles. The number of ether oxygens (including phenoxy) is 1. The van der Waals surface area contributed by atoms with Gasteiger partial charge < -0.3 is 20.1 Å². The summed E-state index contributed by atoms with van der Waals surface area (Å²) < 4.78 is 5.17. The lowest BCUT2D eigenvalue weighted by Gasteiger charge is -2.25. The minimum Gasteiger partial charge on any atom is -0.480 e. The molecule has 1 aliphatic heterocycles. The highest BCUT2D eigenvalue weighted by atomic mass is 16.5. The van der Waals surface area contributed by atoms with Crippen molar-refractivity contribution in [2.24, 2.45) is 0 Å². The number of nitrogens with zero attached hydrogens (tertiary/aromatic N) is 1. The van der Waals surface area contributed by atoms with Gasteiger partial charge in [-0.15, -0.1) is 6.58 Å². The van der Waals surface area contributed by atoms with Crippen LogP contribution in [0.5, 0.6) is 0 Å². The van der Waals surface area contributed by atoms with Crippen LogP contribution in [-0.4, -0.2) is 54.4 Å². The number of carboxylic acid groups (broad SMARTS) is 1. The maximum absolute atomic E-state index is 11.8. The zero-order valence-electron chi connectivity index (χ0n) is 9.89. The number of hydrogen-bond donors (Lipinski definition) is 2. The third-order valence-corrected chi connectivity index (χ3v) is 2.77. The van der Waals surface area contributed by atoms with Crippen LogP contribution in [0.15, 0.2) is 12.7 Å².